The SMILES string of the molecule is CC(C(=O)NC1(C#N)CCCCC1)N1CCOC(CN(C)C)C1. The van der Waals surface area contributed by atoms with Gasteiger partial charge in [-0.1, -0.05) is 19.3 Å². The Balaban J connectivity index is 1.92. The van der Waals surface area contributed by atoms with Crippen molar-refractivity contribution >= 4 is 5.91 Å². The van der Waals surface area contributed by atoms with E-state index in [1.165, 1.54) is 0 Å². The maximum Gasteiger partial charge on any atom is 0.238 e. The number of likely N-dealkylation sites (N-methyl/N-ethyl adjacent to an activating group) is 1. The number of morpholine rings is 1. The standard InChI is InChI=1S/C17H30N4O2/c1-14(21-9-10-23-15(12-21)11-20(2)3)16(22)19-17(13-18)7-5-4-6-8-17/h14-15H,4-12H2,1-3H3,(H,19,22). The second-order valence-corrected chi connectivity index (χ2v) is 7.17. The number of rotatable bonds is 5. The maximum atomic E-state index is 12.6. The number of nitrogens with zero attached hydrogens (tertiary/aromatic N) is 3. The summed E-state index contributed by atoms with van der Waals surface area (Å²) in [5, 5.41) is 12.6. The minimum Gasteiger partial charge on any atom is -0.374 e. The first-order valence-electron chi connectivity index (χ1n) is 8.69. The molecule has 2 unspecified atom stereocenters. The number of ether oxygens (including phenoxy) is 1. The van der Waals surface area contributed by atoms with Crippen molar-refractivity contribution < 1.29 is 9.53 Å². The Labute approximate surface area is 139 Å². The van der Waals surface area contributed by atoms with Gasteiger partial charge in [0.15, 0.2) is 0 Å². The van der Waals surface area contributed by atoms with E-state index in [9.17, 15) is 10.1 Å². The van der Waals surface area contributed by atoms with Crippen molar-refractivity contribution in [3.05, 3.63) is 0 Å². The van der Waals surface area contributed by atoms with Crippen LogP contribution in [0.3, 0.4) is 0 Å². The fraction of sp³-hybridized carbons (Fsp3) is 0.882. The van der Waals surface area contributed by atoms with Crippen molar-refractivity contribution in [2.24, 2.45) is 0 Å². The molecule has 0 aromatic heterocycles. The minimum absolute atomic E-state index is 0.0287. The minimum atomic E-state index is -0.654. The van der Waals surface area contributed by atoms with Crippen LogP contribution in [0.25, 0.3) is 0 Å². The molecule has 6 nitrogen and oxygen atoms in total. The van der Waals surface area contributed by atoms with E-state index >= 15 is 0 Å². The molecule has 23 heavy (non-hydrogen) atoms. The van der Waals surface area contributed by atoms with Crippen LogP contribution in [0.15, 0.2) is 0 Å². The molecule has 1 amide bonds. The van der Waals surface area contributed by atoms with E-state index in [1.807, 2.05) is 21.0 Å². The predicted octanol–water partition coefficient (Wildman–Crippen LogP) is 0.980. The van der Waals surface area contributed by atoms with Gasteiger partial charge in [-0.05, 0) is 33.9 Å². The van der Waals surface area contributed by atoms with E-state index in [2.05, 4.69) is 21.2 Å². The largest absolute Gasteiger partial charge is 0.374 e. The highest BCUT2D eigenvalue weighted by Crippen LogP contribution is 2.27. The summed E-state index contributed by atoms with van der Waals surface area (Å²) in [4.78, 5) is 16.9. The molecule has 6 heteroatoms. The molecule has 1 N–H and O–H groups in total. The smallest absolute Gasteiger partial charge is 0.238 e. The van der Waals surface area contributed by atoms with E-state index in [4.69, 9.17) is 4.74 Å². The molecule has 1 saturated heterocycles. The van der Waals surface area contributed by atoms with Crippen molar-refractivity contribution in [2.45, 2.75) is 56.7 Å². The molecule has 2 aliphatic rings. The molecule has 0 aromatic rings. The summed E-state index contributed by atoms with van der Waals surface area (Å²) in [7, 11) is 4.05. The van der Waals surface area contributed by atoms with Gasteiger partial charge in [0, 0.05) is 19.6 Å². The van der Waals surface area contributed by atoms with Crippen LogP contribution in [0.5, 0.6) is 0 Å². The lowest BCUT2D eigenvalue weighted by molar-refractivity contribution is -0.131. The zero-order chi connectivity index (χ0) is 16.9. The van der Waals surface area contributed by atoms with Gasteiger partial charge in [-0.3, -0.25) is 9.69 Å². The van der Waals surface area contributed by atoms with Gasteiger partial charge in [0.2, 0.25) is 5.91 Å². The lowest BCUT2D eigenvalue weighted by Crippen LogP contribution is -2.58. The van der Waals surface area contributed by atoms with Gasteiger partial charge in [-0.2, -0.15) is 5.26 Å². The summed E-state index contributed by atoms with van der Waals surface area (Å²) in [5.41, 5.74) is -0.654. The maximum absolute atomic E-state index is 12.6. The van der Waals surface area contributed by atoms with Gasteiger partial charge in [-0.25, -0.2) is 0 Å². The Hall–Kier alpha value is -1.16. The second-order valence-electron chi connectivity index (χ2n) is 7.17. The number of nitriles is 1. The van der Waals surface area contributed by atoms with Gasteiger partial charge in [0.05, 0.1) is 24.8 Å². The van der Waals surface area contributed by atoms with Crippen LogP contribution in [-0.2, 0) is 9.53 Å². The molecule has 1 aliphatic carbocycles. The lowest BCUT2D eigenvalue weighted by atomic mass is 9.82. The summed E-state index contributed by atoms with van der Waals surface area (Å²) in [6.45, 7) is 4.96. The Morgan fingerprint density at radius 1 is 1.43 bits per heavy atom. The third-order valence-electron chi connectivity index (χ3n) is 4.95. The molecule has 0 radical (unpaired) electrons. The topological polar surface area (TPSA) is 68.6 Å². The normalized spacial score (nSPS) is 26.5. The van der Waals surface area contributed by atoms with Gasteiger partial charge in [0.25, 0.3) is 0 Å². The predicted molar refractivity (Wildman–Crippen MR) is 88.9 cm³/mol. The molecule has 1 aliphatic heterocycles. The highest BCUT2D eigenvalue weighted by atomic mass is 16.5. The fourth-order valence-electron chi connectivity index (χ4n) is 3.54. The second kappa shape index (κ2) is 8.09. The van der Waals surface area contributed by atoms with Crippen LogP contribution in [0.2, 0.25) is 0 Å². The Morgan fingerprint density at radius 3 is 2.74 bits per heavy atom. The van der Waals surface area contributed by atoms with Gasteiger partial charge >= 0.3 is 0 Å². The molecule has 2 fully saturated rings. The van der Waals surface area contributed by atoms with E-state index in [1.54, 1.807) is 0 Å². The molecule has 2 atom stereocenters. The molecule has 2 rings (SSSR count). The molecule has 0 bridgehead atoms. The van der Waals surface area contributed by atoms with Gasteiger partial charge in [0.1, 0.15) is 5.54 Å². The number of nitrogens with one attached hydrogen (secondary N) is 1. The van der Waals surface area contributed by atoms with Crippen LogP contribution in [0.1, 0.15) is 39.0 Å². The van der Waals surface area contributed by atoms with Crippen LogP contribution in [0, 0.1) is 11.3 Å². The molecular weight excluding hydrogens is 292 g/mol. The third kappa shape index (κ3) is 4.90. The first-order valence-corrected chi connectivity index (χ1v) is 8.69. The number of amides is 1. The van der Waals surface area contributed by atoms with E-state index < -0.39 is 5.54 Å². The first-order chi connectivity index (χ1) is 11.0. The monoisotopic (exact) mass is 322 g/mol. The van der Waals surface area contributed by atoms with Crippen molar-refractivity contribution in [1.29, 1.82) is 5.26 Å². The average molecular weight is 322 g/mol. The Morgan fingerprint density at radius 2 is 2.13 bits per heavy atom. The van der Waals surface area contributed by atoms with Crippen LogP contribution in [0.4, 0.5) is 0 Å². The molecule has 130 valence electrons. The third-order valence-corrected chi connectivity index (χ3v) is 4.95. The number of hydrogen-bond acceptors (Lipinski definition) is 5. The number of hydrogen-bond donors (Lipinski definition) is 1. The quantitative estimate of drug-likeness (QED) is 0.817. The van der Waals surface area contributed by atoms with Crippen molar-refractivity contribution in [3.63, 3.8) is 0 Å². The molecular formula is C17H30N4O2. The van der Waals surface area contributed by atoms with Crippen LogP contribution < -0.4 is 5.32 Å². The number of carbonyl (C=O) groups excluding carboxylic acids is 1. The van der Waals surface area contributed by atoms with Gasteiger partial charge in [-0.15, -0.1) is 0 Å². The highest BCUT2D eigenvalue weighted by molar-refractivity contribution is 5.82. The molecule has 0 aromatic carbocycles. The first kappa shape index (κ1) is 18.2. The molecule has 1 saturated carbocycles. The van der Waals surface area contributed by atoms with Crippen molar-refractivity contribution in [1.82, 2.24) is 15.1 Å². The molecule has 0 spiro atoms. The van der Waals surface area contributed by atoms with E-state index in [0.29, 0.717) is 6.61 Å². The highest BCUT2D eigenvalue weighted by Gasteiger charge is 2.36. The van der Waals surface area contributed by atoms with Crippen LogP contribution >= 0.6 is 0 Å². The lowest BCUT2D eigenvalue weighted by Gasteiger charge is -2.39. The van der Waals surface area contributed by atoms with Crippen molar-refractivity contribution in [2.75, 3.05) is 40.3 Å². The summed E-state index contributed by atoms with van der Waals surface area (Å²) >= 11 is 0. The fourth-order valence-corrected chi connectivity index (χ4v) is 3.54. The van der Waals surface area contributed by atoms with E-state index in [-0.39, 0.29) is 18.1 Å². The van der Waals surface area contributed by atoms with E-state index in [0.717, 1.165) is 51.7 Å². The molecule has 1 heterocycles. The average Bonchev–Trinajstić information content (AvgIpc) is 2.54. The summed E-state index contributed by atoms with van der Waals surface area (Å²) in [6.07, 6.45) is 4.87. The van der Waals surface area contributed by atoms with Crippen LogP contribution in [-0.4, -0.2) is 73.7 Å². The summed E-state index contributed by atoms with van der Waals surface area (Å²) < 4.78 is 5.77. The van der Waals surface area contributed by atoms with Crippen molar-refractivity contribution in [3.8, 4) is 6.07 Å². The zero-order valence-electron chi connectivity index (χ0n) is 14.7. The summed E-state index contributed by atoms with van der Waals surface area (Å²) in [5.74, 6) is -0.0287. The van der Waals surface area contributed by atoms with Gasteiger partial charge < -0.3 is 15.0 Å². The Bertz CT molecular complexity index is 440. The zero-order valence-corrected chi connectivity index (χ0v) is 14.7. The summed E-state index contributed by atoms with van der Waals surface area (Å²) in [6, 6.07) is 2.13. The Kier molecular flexibility index (Phi) is 6.40. The number of carbonyl (C=O) groups is 1.